The van der Waals surface area contributed by atoms with Crippen molar-refractivity contribution < 1.29 is 18.8 Å². The summed E-state index contributed by atoms with van der Waals surface area (Å²) in [7, 11) is -0.518. The first-order chi connectivity index (χ1) is 14.5. The zero-order chi connectivity index (χ0) is 23.1. The van der Waals surface area contributed by atoms with Crippen molar-refractivity contribution in [3.63, 3.8) is 0 Å². The summed E-state index contributed by atoms with van der Waals surface area (Å²) >= 11 is 0. The predicted octanol–water partition coefficient (Wildman–Crippen LogP) is 4.94. The lowest BCUT2D eigenvalue weighted by atomic mass is 10.2. The summed E-state index contributed by atoms with van der Waals surface area (Å²) in [6.45, 7) is 12.5. The number of anilines is 2. The molecule has 0 saturated carbocycles. The van der Waals surface area contributed by atoms with Crippen molar-refractivity contribution in [3.05, 3.63) is 60.2 Å². The number of nitrogens with zero attached hydrogens (tertiary/aromatic N) is 1. The second-order valence-corrected chi connectivity index (χ2v) is 13.8. The highest BCUT2D eigenvalue weighted by Gasteiger charge is 2.37. The number of hydrogen-bond donors (Lipinski definition) is 1. The van der Waals surface area contributed by atoms with Crippen molar-refractivity contribution >= 4 is 31.6 Å². The van der Waals surface area contributed by atoms with E-state index in [9.17, 15) is 9.59 Å². The van der Waals surface area contributed by atoms with Crippen LogP contribution in [-0.2, 0) is 14.0 Å². The van der Waals surface area contributed by atoms with Crippen LogP contribution >= 0.6 is 0 Å². The molecule has 0 unspecified atom stereocenters. The molecule has 0 bridgehead atoms. The van der Waals surface area contributed by atoms with E-state index < -0.39 is 14.3 Å². The second kappa shape index (κ2) is 10.6. The Labute approximate surface area is 186 Å². The van der Waals surface area contributed by atoms with E-state index in [4.69, 9.17) is 9.16 Å². The molecule has 0 radical (unpaired) electrons. The smallest absolute Gasteiger partial charge is 0.337 e. The first kappa shape index (κ1) is 24.6. The molecule has 0 atom stereocenters. The number of rotatable bonds is 9. The molecule has 1 amide bonds. The number of hydrogen-bond acceptors (Lipinski definition) is 5. The number of carbonyl (C=O) groups excluding carboxylic acids is 2. The SMILES string of the molecule is COC(=O)c1ccc(NC(=O)CN(CCO[Si](C)(C)C(C)(C)C)c2ccccc2)cc1. The standard InChI is InChI=1S/C24H34N2O4Si/c1-24(2,3)31(5,6)30-17-16-26(21-10-8-7-9-11-21)18-22(27)25-20-14-12-19(13-15-20)23(28)29-4/h7-15H,16-18H2,1-6H3,(H,25,27). The van der Waals surface area contributed by atoms with Crippen LogP contribution < -0.4 is 10.2 Å². The molecular weight excluding hydrogens is 408 g/mol. The number of carbonyl (C=O) groups is 2. The summed E-state index contributed by atoms with van der Waals surface area (Å²) in [5.74, 6) is -0.545. The Morgan fingerprint density at radius 3 is 2.16 bits per heavy atom. The van der Waals surface area contributed by atoms with E-state index in [1.165, 1.54) is 7.11 Å². The van der Waals surface area contributed by atoms with Gasteiger partial charge in [-0.25, -0.2) is 4.79 Å². The molecule has 0 aliphatic carbocycles. The van der Waals surface area contributed by atoms with Crippen molar-refractivity contribution in [1.29, 1.82) is 0 Å². The molecule has 0 aliphatic rings. The first-order valence-electron chi connectivity index (χ1n) is 10.5. The molecule has 0 fully saturated rings. The number of amides is 1. The molecule has 168 valence electrons. The van der Waals surface area contributed by atoms with Gasteiger partial charge in [0.25, 0.3) is 0 Å². The van der Waals surface area contributed by atoms with Gasteiger partial charge < -0.3 is 19.4 Å². The normalized spacial score (nSPS) is 11.7. The lowest BCUT2D eigenvalue weighted by molar-refractivity contribution is -0.115. The Kier molecular flexibility index (Phi) is 8.41. The lowest BCUT2D eigenvalue weighted by Gasteiger charge is -2.37. The Hall–Kier alpha value is -2.64. The molecule has 31 heavy (non-hydrogen) atoms. The molecule has 0 aliphatic heterocycles. The Morgan fingerprint density at radius 1 is 1.00 bits per heavy atom. The van der Waals surface area contributed by atoms with Gasteiger partial charge in [-0.3, -0.25) is 4.79 Å². The molecule has 0 aromatic heterocycles. The zero-order valence-corrected chi connectivity index (χ0v) is 20.4. The van der Waals surface area contributed by atoms with E-state index in [1.807, 2.05) is 35.2 Å². The Balaban J connectivity index is 2.02. The van der Waals surface area contributed by atoms with Gasteiger partial charge in [0.1, 0.15) is 0 Å². The first-order valence-corrected chi connectivity index (χ1v) is 13.4. The van der Waals surface area contributed by atoms with Gasteiger partial charge >= 0.3 is 5.97 Å². The molecule has 7 heteroatoms. The highest BCUT2D eigenvalue weighted by molar-refractivity contribution is 6.74. The quantitative estimate of drug-likeness (QED) is 0.440. The van der Waals surface area contributed by atoms with Gasteiger partial charge in [0.2, 0.25) is 5.91 Å². The van der Waals surface area contributed by atoms with Crippen LogP contribution in [0.2, 0.25) is 18.1 Å². The van der Waals surface area contributed by atoms with E-state index in [0.29, 0.717) is 24.4 Å². The highest BCUT2D eigenvalue weighted by Crippen LogP contribution is 2.36. The van der Waals surface area contributed by atoms with Crippen molar-refractivity contribution in [2.75, 3.05) is 37.0 Å². The molecular formula is C24H34N2O4Si. The summed E-state index contributed by atoms with van der Waals surface area (Å²) in [5, 5.41) is 3.03. The van der Waals surface area contributed by atoms with E-state index in [2.05, 4.69) is 39.2 Å². The third-order valence-corrected chi connectivity index (χ3v) is 10.2. The molecule has 0 spiro atoms. The Morgan fingerprint density at radius 2 is 1.61 bits per heavy atom. The average Bonchev–Trinajstić information content (AvgIpc) is 2.72. The van der Waals surface area contributed by atoms with Gasteiger partial charge in [0, 0.05) is 17.9 Å². The molecule has 6 nitrogen and oxygen atoms in total. The molecule has 2 aromatic rings. The van der Waals surface area contributed by atoms with Gasteiger partial charge in [-0.05, 0) is 54.5 Å². The van der Waals surface area contributed by atoms with Gasteiger partial charge in [-0.2, -0.15) is 0 Å². The molecule has 2 rings (SSSR count). The van der Waals surface area contributed by atoms with Crippen LogP contribution in [0.25, 0.3) is 0 Å². The van der Waals surface area contributed by atoms with Gasteiger partial charge in [0.15, 0.2) is 8.32 Å². The minimum absolute atomic E-state index is 0.137. The number of esters is 1. The summed E-state index contributed by atoms with van der Waals surface area (Å²) in [6.07, 6.45) is 0. The highest BCUT2D eigenvalue weighted by atomic mass is 28.4. The summed E-state index contributed by atoms with van der Waals surface area (Å²) < 4.78 is 11.0. The second-order valence-electron chi connectivity index (χ2n) is 8.98. The fourth-order valence-corrected chi connectivity index (χ4v) is 3.78. The van der Waals surface area contributed by atoms with Gasteiger partial charge in [-0.15, -0.1) is 0 Å². The monoisotopic (exact) mass is 442 g/mol. The van der Waals surface area contributed by atoms with Crippen LogP contribution in [0.5, 0.6) is 0 Å². The van der Waals surface area contributed by atoms with Crippen LogP contribution in [0, 0.1) is 0 Å². The number of ether oxygens (including phenoxy) is 1. The number of nitrogens with one attached hydrogen (secondary N) is 1. The third kappa shape index (κ3) is 7.22. The average molecular weight is 443 g/mol. The maximum Gasteiger partial charge on any atom is 0.337 e. The summed E-state index contributed by atoms with van der Waals surface area (Å²) in [5.41, 5.74) is 2.04. The van der Waals surface area contributed by atoms with Crippen LogP contribution in [0.4, 0.5) is 11.4 Å². The van der Waals surface area contributed by atoms with Crippen molar-refractivity contribution in [3.8, 4) is 0 Å². The summed E-state index contributed by atoms with van der Waals surface area (Å²) in [4.78, 5) is 26.3. The Bertz CT molecular complexity index is 861. The minimum atomic E-state index is -1.86. The van der Waals surface area contributed by atoms with Gasteiger partial charge in [0.05, 0.1) is 25.8 Å². The van der Waals surface area contributed by atoms with Crippen LogP contribution in [-0.4, -0.2) is 47.0 Å². The summed E-state index contributed by atoms with van der Waals surface area (Å²) in [6, 6.07) is 16.5. The zero-order valence-electron chi connectivity index (χ0n) is 19.4. The number of methoxy groups -OCH3 is 1. The van der Waals surface area contributed by atoms with Crippen LogP contribution in [0.1, 0.15) is 31.1 Å². The van der Waals surface area contributed by atoms with E-state index in [1.54, 1.807) is 24.3 Å². The predicted molar refractivity (Wildman–Crippen MR) is 128 cm³/mol. The fraction of sp³-hybridized carbons (Fsp3) is 0.417. The van der Waals surface area contributed by atoms with Crippen LogP contribution in [0.3, 0.4) is 0 Å². The largest absolute Gasteiger partial charge is 0.465 e. The maximum absolute atomic E-state index is 12.7. The topological polar surface area (TPSA) is 67.9 Å². The lowest BCUT2D eigenvalue weighted by Crippen LogP contribution is -2.43. The molecule has 0 saturated heterocycles. The molecule has 1 N–H and O–H groups in total. The number of para-hydroxylation sites is 1. The molecule has 0 heterocycles. The minimum Gasteiger partial charge on any atom is -0.465 e. The van der Waals surface area contributed by atoms with Crippen molar-refractivity contribution in [2.24, 2.45) is 0 Å². The van der Waals surface area contributed by atoms with E-state index in [-0.39, 0.29) is 17.5 Å². The van der Waals surface area contributed by atoms with E-state index in [0.717, 1.165) is 5.69 Å². The van der Waals surface area contributed by atoms with E-state index >= 15 is 0 Å². The number of benzene rings is 2. The molecule has 2 aromatic carbocycles. The maximum atomic E-state index is 12.7. The van der Waals surface area contributed by atoms with Crippen LogP contribution in [0.15, 0.2) is 54.6 Å². The fourth-order valence-electron chi connectivity index (χ4n) is 2.75. The van der Waals surface area contributed by atoms with Crippen molar-refractivity contribution in [2.45, 2.75) is 38.9 Å². The van der Waals surface area contributed by atoms with Crippen molar-refractivity contribution in [1.82, 2.24) is 0 Å². The third-order valence-electron chi connectivity index (χ3n) is 5.68. The van der Waals surface area contributed by atoms with Gasteiger partial charge in [-0.1, -0.05) is 39.0 Å².